The van der Waals surface area contributed by atoms with Gasteiger partial charge in [-0.3, -0.25) is 10.1 Å². The fraction of sp³-hybridized carbons (Fsp3) is 0.143. The predicted molar refractivity (Wildman–Crippen MR) is 123 cm³/mol. The summed E-state index contributed by atoms with van der Waals surface area (Å²) in [5.41, 5.74) is 3.24. The number of nitro groups is 1. The molecule has 7 heteroatoms. The van der Waals surface area contributed by atoms with E-state index in [9.17, 15) is 10.1 Å². The number of fused-ring (bicyclic) bond motifs is 2. The second kappa shape index (κ2) is 7.46. The van der Waals surface area contributed by atoms with E-state index in [0.29, 0.717) is 5.75 Å². The number of hydrogen-bond acceptors (Lipinski definition) is 4. The molecule has 4 rings (SSSR count). The van der Waals surface area contributed by atoms with Crippen LogP contribution in [0, 0.1) is 24.0 Å². The lowest BCUT2D eigenvalue weighted by Crippen LogP contribution is -1.95. The van der Waals surface area contributed by atoms with Crippen LogP contribution in [0.25, 0.3) is 32.0 Å². The van der Waals surface area contributed by atoms with Gasteiger partial charge in [0, 0.05) is 20.8 Å². The highest BCUT2D eigenvalue weighted by Gasteiger charge is 2.21. The largest absolute Gasteiger partial charge is 0.482 e. The standard InChI is InChI=1S/C21H15Br2NO3S/c1-11-12(2)28-21-18(11)19(16-5-3-4-6-17(16)20(21)23)13-7-14(24(25)26)9-15(8-13)27-10-22/h3-9H,10H2,1-2H3. The van der Waals surface area contributed by atoms with E-state index in [2.05, 4.69) is 57.8 Å². The number of benzene rings is 3. The zero-order chi connectivity index (χ0) is 20.0. The topological polar surface area (TPSA) is 52.4 Å². The molecule has 28 heavy (non-hydrogen) atoms. The van der Waals surface area contributed by atoms with Crippen molar-refractivity contribution in [3.63, 3.8) is 0 Å². The van der Waals surface area contributed by atoms with E-state index < -0.39 is 0 Å². The summed E-state index contributed by atoms with van der Waals surface area (Å²) >= 11 is 8.76. The number of aryl methyl sites for hydroxylation is 2. The highest BCUT2D eigenvalue weighted by atomic mass is 79.9. The summed E-state index contributed by atoms with van der Waals surface area (Å²) in [6, 6.07) is 13.1. The van der Waals surface area contributed by atoms with Gasteiger partial charge in [0.05, 0.1) is 15.7 Å². The van der Waals surface area contributed by atoms with Crippen molar-refractivity contribution >= 4 is 69.7 Å². The average Bonchev–Trinajstić information content (AvgIpc) is 2.97. The van der Waals surface area contributed by atoms with E-state index in [1.54, 1.807) is 17.4 Å². The first-order chi connectivity index (χ1) is 13.4. The number of nitro benzene ring substituents is 1. The molecule has 0 saturated heterocycles. The summed E-state index contributed by atoms with van der Waals surface area (Å²) in [6.07, 6.45) is 0. The second-order valence-corrected chi connectivity index (χ2v) is 8.92. The molecule has 0 bridgehead atoms. The van der Waals surface area contributed by atoms with E-state index in [4.69, 9.17) is 4.74 Å². The van der Waals surface area contributed by atoms with Gasteiger partial charge in [-0.15, -0.1) is 11.3 Å². The van der Waals surface area contributed by atoms with Gasteiger partial charge in [0.1, 0.15) is 11.3 Å². The predicted octanol–water partition coefficient (Wildman–Crippen LogP) is 7.74. The lowest BCUT2D eigenvalue weighted by Gasteiger charge is -2.14. The Kier molecular flexibility index (Phi) is 5.16. The Bertz CT molecular complexity index is 1250. The molecule has 0 aliphatic heterocycles. The van der Waals surface area contributed by atoms with Crippen LogP contribution in [0.4, 0.5) is 5.69 Å². The van der Waals surface area contributed by atoms with Crippen LogP contribution in [0.3, 0.4) is 0 Å². The molecule has 4 nitrogen and oxygen atoms in total. The minimum Gasteiger partial charge on any atom is -0.482 e. The fourth-order valence-electron chi connectivity index (χ4n) is 3.51. The van der Waals surface area contributed by atoms with Crippen molar-refractivity contribution in [1.29, 1.82) is 0 Å². The first-order valence-electron chi connectivity index (χ1n) is 8.51. The lowest BCUT2D eigenvalue weighted by atomic mass is 9.92. The van der Waals surface area contributed by atoms with Crippen molar-refractivity contribution in [2.45, 2.75) is 13.8 Å². The van der Waals surface area contributed by atoms with Crippen LogP contribution in [0.2, 0.25) is 0 Å². The number of halogens is 2. The summed E-state index contributed by atoms with van der Waals surface area (Å²) in [7, 11) is 0. The molecule has 0 saturated carbocycles. The minimum absolute atomic E-state index is 0.0122. The molecule has 0 unspecified atom stereocenters. The molecule has 0 fully saturated rings. The van der Waals surface area contributed by atoms with Gasteiger partial charge in [-0.25, -0.2) is 0 Å². The van der Waals surface area contributed by atoms with Crippen LogP contribution in [0.15, 0.2) is 46.9 Å². The van der Waals surface area contributed by atoms with Crippen LogP contribution in [-0.2, 0) is 0 Å². The molecule has 0 aliphatic rings. The van der Waals surface area contributed by atoms with Crippen molar-refractivity contribution in [2.75, 3.05) is 5.52 Å². The quantitative estimate of drug-likeness (QED) is 0.157. The van der Waals surface area contributed by atoms with Crippen molar-refractivity contribution in [1.82, 2.24) is 0 Å². The van der Waals surface area contributed by atoms with E-state index in [-0.39, 0.29) is 16.1 Å². The summed E-state index contributed by atoms with van der Waals surface area (Å²) in [4.78, 5) is 12.4. The van der Waals surface area contributed by atoms with Gasteiger partial charge in [0.2, 0.25) is 0 Å². The fourth-order valence-corrected chi connectivity index (χ4v) is 5.68. The van der Waals surface area contributed by atoms with Crippen LogP contribution in [0.5, 0.6) is 5.75 Å². The Hall–Kier alpha value is -1.96. The smallest absolute Gasteiger partial charge is 0.273 e. The van der Waals surface area contributed by atoms with Crippen LogP contribution in [0.1, 0.15) is 10.4 Å². The highest BCUT2D eigenvalue weighted by molar-refractivity contribution is 9.11. The van der Waals surface area contributed by atoms with Gasteiger partial charge in [-0.2, -0.15) is 0 Å². The molecule has 0 atom stereocenters. The van der Waals surface area contributed by atoms with Crippen molar-refractivity contribution in [3.8, 4) is 16.9 Å². The molecular formula is C21H15Br2NO3S. The molecule has 1 heterocycles. The number of rotatable bonds is 4. The van der Waals surface area contributed by atoms with Gasteiger partial charge in [0.25, 0.3) is 5.69 Å². The third-order valence-electron chi connectivity index (χ3n) is 4.88. The third-order valence-corrected chi connectivity index (χ3v) is 7.42. The zero-order valence-electron chi connectivity index (χ0n) is 15.1. The molecule has 4 aromatic rings. The number of thiophene rings is 1. The van der Waals surface area contributed by atoms with E-state index in [0.717, 1.165) is 36.5 Å². The molecule has 0 spiro atoms. The van der Waals surface area contributed by atoms with Crippen molar-refractivity contribution in [2.24, 2.45) is 0 Å². The first-order valence-corrected chi connectivity index (χ1v) is 11.2. The number of nitrogens with zero attached hydrogens (tertiary/aromatic N) is 1. The molecule has 0 N–H and O–H groups in total. The Morgan fingerprint density at radius 3 is 2.54 bits per heavy atom. The van der Waals surface area contributed by atoms with E-state index in [1.807, 2.05) is 18.2 Å². The lowest BCUT2D eigenvalue weighted by molar-refractivity contribution is -0.384. The van der Waals surface area contributed by atoms with Gasteiger partial charge in [-0.1, -0.05) is 24.3 Å². The van der Waals surface area contributed by atoms with E-state index in [1.165, 1.54) is 16.5 Å². The van der Waals surface area contributed by atoms with Crippen LogP contribution >= 0.6 is 43.2 Å². The highest BCUT2D eigenvalue weighted by Crippen LogP contribution is 2.47. The summed E-state index contributed by atoms with van der Waals surface area (Å²) in [5, 5.41) is 14.8. The summed E-state index contributed by atoms with van der Waals surface area (Å²) < 4.78 is 7.76. The maximum Gasteiger partial charge on any atom is 0.273 e. The molecular weight excluding hydrogens is 506 g/mol. The first kappa shape index (κ1) is 19.4. The third kappa shape index (κ3) is 3.11. The molecule has 1 aromatic heterocycles. The Labute approximate surface area is 182 Å². The second-order valence-electron chi connectivity index (χ2n) is 6.45. The summed E-state index contributed by atoms with van der Waals surface area (Å²) in [6.45, 7) is 4.21. The van der Waals surface area contributed by atoms with Gasteiger partial charge in [0.15, 0.2) is 0 Å². The number of non-ortho nitro benzene ring substituents is 1. The normalized spacial score (nSPS) is 11.3. The SMILES string of the molecule is Cc1sc2c(Br)c3ccccc3c(-c3cc(OCBr)cc([N+](=O)[O-])c3)c2c1C. The Morgan fingerprint density at radius 2 is 1.86 bits per heavy atom. The maximum atomic E-state index is 11.5. The molecule has 142 valence electrons. The summed E-state index contributed by atoms with van der Waals surface area (Å²) in [5.74, 6) is 0.464. The Balaban J connectivity index is 2.19. The molecule has 0 aliphatic carbocycles. The van der Waals surface area contributed by atoms with Gasteiger partial charge >= 0.3 is 0 Å². The van der Waals surface area contributed by atoms with Crippen LogP contribution < -0.4 is 4.74 Å². The van der Waals surface area contributed by atoms with E-state index >= 15 is 0 Å². The Morgan fingerprint density at radius 1 is 1.14 bits per heavy atom. The van der Waals surface area contributed by atoms with Gasteiger partial charge < -0.3 is 4.74 Å². The molecule has 0 amide bonds. The monoisotopic (exact) mass is 519 g/mol. The number of ether oxygens (including phenoxy) is 1. The van der Waals surface area contributed by atoms with Gasteiger partial charge in [-0.05, 0) is 79.2 Å². The van der Waals surface area contributed by atoms with Crippen molar-refractivity contribution in [3.05, 3.63) is 67.5 Å². The molecule has 0 radical (unpaired) electrons. The molecule has 3 aromatic carbocycles. The number of hydrogen-bond donors (Lipinski definition) is 0. The van der Waals surface area contributed by atoms with Crippen molar-refractivity contribution < 1.29 is 9.66 Å². The maximum absolute atomic E-state index is 11.5. The number of alkyl halides is 1. The minimum atomic E-state index is -0.380. The average molecular weight is 521 g/mol. The zero-order valence-corrected chi connectivity index (χ0v) is 19.1. The van der Waals surface area contributed by atoms with Crippen LogP contribution in [-0.4, -0.2) is 10.4 Å².